The summed E-state index contributed by atoms with van der Waals surface area (Å²) in [5.74, 6) is 0.0858. The number of carbonyl (C=O) groups is 1. The maximum Gasteiger partial charge on any atom is 0.330 e. The first-order valence-corrected chi connectivity index (χ1v) is 5.13. The molecule has 0 aliphatic heterocycles. The average molecular weight is 261 g/mol. The summed E-state index contributed by atoms with van der Waals surface area (Å²) in [4.78, 5) is 10.9. The fourth-order valence-electron chi connectivity index (χ4n) is 1.08. The van der Waals surface area contributed by atoms with Crippen molar-refractivity contribution in [3.05, 3.63) is 33.8 Å². The molecule has 3 nitrogen and oxygen atoms in total. The molecule has 1 rings (SSSR count). The Labute approximate surface area is 104 Å². The zero-order valence-electron chi connectivity index (χ0n) is 8.79. The van der Waals surface area contributed by atoms with Crippen molar-refractivity contribution >= 4 is 35.2 Å². The average Bonchev–Trinajstić information content (AvgIpc) is 2.29. The van der Waals surface area contributed by atoms with Gasteiger partial charge in [0.2, 0.25) is 0 Å². The van der Waals surface area contributed by atoms with Gasteiger partial charge in [-0.1, -0.05) is 23.2 Å². The quantitative estimate of drug-likeness (QED) is 0.619. The van der Waals surface area contributed by atoms with Crippen LogP contribution < -0.4 is 4.74 Å². The summed E-state index contributed by atoms with van der Waals surface area (Å²) in [6.45, 7) is 0. The van der Waals surface area contributed by atoms with Crippen LogP contribution in [0.2, 0.25) is 10.0 Å². The Balaban J connectivity index is 3.07. The van der Waals surface area contributed by atoms with E-state index < -0.39 is 5.97 Å². The van der Waals surface area contributed by atoms with E-state index in [1.165, 1.54) is 20.3 Å². The molecule has 0 atom stereocenters. The number of ether oxygens (including phenoxy) is 2. The van der Waals surface area contributed by atoms with Gasteiger partial charge in [0.1, 0.15) is 5.75 Å². The Hall–Kier alpha value is -1.19. The zero-order valence-corrected chi connectivity index (χ0v) is 10.3. The minimum atomic E-state index is -0.451. The molecule has 0 spiro atoms. The molecular formula is C11H10Cl2O3. The Morgan fingerprint density at radius 2 is 1.88 bits per heavy atom. The number of hydrogen-bond acceptors (Lipinski definition) is 3. The molecule has 0 N–H and O–H groups in total. The van der Waals surface area contributed by atoms with Gasteiger partial charge in [0.25, 0.3) is 0 Å². The monoisotopic (exact) mass is 260 g/mol. The minimum absolute atomic E-state index is 0.395. The summed E-state index contributed by atoms with van der Waals surface area (Å²) in [5.41, 5.74) is 0.655. The Kier molecular flexibility index (Phi) is 4.65. The first kappa shape index (κ1) is 12.9. The molecule has 0 aliphatic carbocycles. The highest BCUT2D eigenvalue weighted by Gasteiger charge is 2.06. The largest absolute Gasteiger partial charge is 0.496 e. The molecule has 0 saturated carbocycles. The van der Waals surface area contributed by atoms with Crippen molar-refractivity contribution in [1.29, 1.82) is 0 Å². The number of hydrogen-bond donors (Lipinski definition) is 0. The highest BCUT2D eigenvalue weighted by molar-refractivity contribution is 6.42. The second-order valence-corrected chi connectivity index (χ2v) is 3.68. The van der Waals surface area contributed by atoms with Gasteiger partial charge in [-0.25, -0.2) is 4.79 Å². The first-order valence-electron chi connectivity index (χ1n) is 4.37. The SMILES string of the molecule is COC(=O)/C=C\c1cc(Cl)c(Cl)cc1OC. The molecule has 0 aliphatic rings. The molecular weight excluding hydrogens is 251 g/mol. The molecule has 0 radical (unpaired) electrons. The molecule has 0 unspecified atom stereocenters. The van der Waals surface area contributed by atoms with Crippen LogP contribution in [0, 0.1) is 0 Å². The van der Waals surface area contributed by atoms with Crippen LogP contribution >= 0.6 is 23.2 Å². The number of rotatable bonds is 3. The molecule has 0 aromatic heterocycles. The molecule has 86 valence electrons. The van der Waals surface area contributed by atoms with Crippen molar-refractivity contribution in [2.24, 2.45) is 0 Å². The van der Waals surface area contributed by atoms with Crippen molar-refractivity contribution in [3.63, 3.8) is 0 Å². The summed E-state index contributed by atoms with van der Waals surface area (Å²) in [6.07, 6.45) is 2.83. The molecule has 5 heteroatoms. The lowest BCUT2D eigenvalue weighted by molar-refractivity contribution is -0.134. The van der Waals surface area contributed by atoms with Crippen LogP contribution in [0.3, 0.4) is 0 Å². The van der Waals surface area contributed by atoms with Crippen LogP contribution in [0.25, 0.3) is 6.08 Å². The normalized spacial score (nSPS) is 10.5. The number of esters is 1. The van der Waals surface area contributed by atoms with Gasteiger partial charge in [-0.3, -0.25) is 0 Å². The summed E-state index contributed by atoms with van der Waals surface area (Å²) in [6, 6.07) is 3.20. The zero-order chi connectivity index (χ0) is 12.1. The Bertz CT molecular complexity index is 427. The molecule has 0 bridgehead atoms. The fraction of sp³-hybridized carbons (Fsp3) is 0.182. The second-order valence-electron chi connectivity index (χ2n) is 2.86. The molecule has 16 heavy (non-hydrogen) atoms. The number of methoxy groups -OCH3 is 2. The highest BCUT2D eigenvalue weighted by atomic mass is 35.5. The molecule has 1 aromatic rings. The Morgan fingerprint density at radius 3 is 2.44 bits per heavy atom. The predicted molar refractivity (Wildman–Crippen MR) is 64.1 cm³/mol. The summed E-state index contributed by atoms with van der Waals surface area (Å²) in [7, 11) is 2.81. The van der Waals surface area contributed by atoms with Crippen LogP contribution in [0.4, 0.5) is 0 Å². The summed E-state index contributed by atoms with van der Waals surface area (Å²) < 4.78 is 9.57. The second kappa shape index (κ2) is 5.77. The van der Waals surface area contributed by atoms with E-state index in [9.17, 15) is 4.79 Å². The first-order chi connectivity index (χ1) is 7.58. The number of benzene rings is 1. The van der Waals surface area contributed by atoms with Crippen molar-refractivity contribution in [1.82, 2.24) is 0 Å². The topological polar surface area (TPSA) is 35.5 Å². The van der Waals surface area contributed by atoms with E-state index in [0.717, 1.165) is 0 Å². The van der Waals surface area contributed by atoms with E-state index in [1.54, 1.807) is 18.2 Å². The maximum atomic E-state index is 10.9. The Morgan fingerprint density at radius 1 is 1.25 bits per heavy atom. The van der Waals surface area contributed by atoms with E-state index in [2.05, 4.69) is 4.74 Å². The third-order valence-corrected chi connectivity index (χ3v) is 2.59. The lowest BCUT2D eigenvalue weighted by Gasteiger charge is -2.06. The van der Waals surface area contributed by atoms with Crippen LogP contribution in [0.5, 0.6) is 5.75 Å². The molecule has 0 saturated heterocycles. The predicted octanol–water partition coefficient (Wildman–Crippen LogP) is 3.19. The number of carbonyl (C=O) groups excluding carboxylic acids is 1. The van der Waals surface area contributed by atoms with Gasteiger partial charge in [0.05, 0.1) is 24.3 Å². The molecule has 0 amide bonds. The molecule has 0 fully saturated rings. The third kappa shape index (κ3) is 3.15. The van der Waals surface area contributed by atoms with Crippen molar-refractivity contribution in [2.45, 2.75) is 0 Å². The number of halogens is 2. The van der Waals surface area contributed by atoms with E-state index in [-0.39, 0.29) is 0 Å². The lowest BCUT2D eigenvalue weighted by atomic mass is 10.2. The van der Waals surface area contributed by atoms with E-state index >= 15 is 0 Å². The smallest absolute Gasteiger partial charge is 0.330 e. The standard InChI is InChI=1S/C11H10Cl2O3/c1-15-10-6-9(13)8(12)5-7(10)3-4-11(14)16-2/h3-6H,1-2H3/b4-3-. The van der Waals surface area contributed by atoms with Crippen molar-refractivity contribution in [2.75, 3.05) is 14.2 Å². The minimum Gasteiger partial charge on any atom is -0.496 e. The third-order valence-electron chi connectivity index (χ3n) is 1.87. The van der Waals surface area contributed by atoms with Gasteiger partial charge in [0, 0.05) is 17.7 Å². The highest BCUT2D eigenvalue weighted by Crippen LogP contribution is 2.31. The van der Waals surface area contributed by atoms with E-state index in [0.29, 0.717) is 21.4 Å². The van der Waals surface area contributed by atoms with Crippen LogP contribution in [-0.2, 0) is 9.53 Å². The van der Waals surface area contributed by atoms with Crippen LogP contribution in [0.15, 0.2) is 18.2 Å². The van der Waals surface area contributed by atoms with Crippen LogP contribution in [0.1, 0.15) is 5.56 Å². The summed E-state index contributed by atoms with van der Waals surface area (Å²) >= 11 is 11.7. The van der Waals surface area contributed by atoms with E-state index in [1.807, 2.05) is 0 Å². The van der Waals surface area contributed by atoms with Gasteiger partial charge in [-0.05, 0) is 12.1 Å². The van der Waals surface area contributed by atoms with Crippen LogP contribution in [-0.4, -0.2) is 20.2 Å². The van der Waals surface area contributed by atoms with Crippen molar-refractivity contribution < 1.29 is 14.3 Å². The van der Waals surface area contributed by atoms with Crippen molar-refractivity contribution in [3.8, 4) is 5.75 Å². The van der Waals surface area contributed by atoms with Gasteiger partial charge in [-0.15, -0.1) is 0 Å². The molecule has 1 aromatic carbocycles. The van der Waals surface area contributed by atoms with Gasteiger partial charge in [0.15, 0.2) is 0 Å². The lowest BCUT2D eigenvalue weighted by Crippen LogP contribution is -1.94. The maximum absolute atomic E-state index is 10.9. The van der Waals surface area contributed by atoms with Gasteiger partial charge >= 0.3 is 5.97 Å². The summed E-state index contributed by atoms with van der Waals surface area (Å²) in [5, 5.41) is 0.792. The van der Waals surface area contributed by atoms with Gasteiger partial charge < -0.3 is 9.47 Å². The fourth-order valence-corrected chi connectivity index (χ4v) is 1.40. The van der Waals surface area contributed by atoms with Gasteiger partial charge in [-0.2, -0.15) is 0 Å². The molecule has 0 heterocycles. The van der Waals surface area contributed by atoms with E-state index in [4.69, 9.17) is 27.9 Å².